The molecule has 1 N–H and O–H groups in total. The second-order valence-corrected chi connectivity index (χ2v) is 7.10. The maximum absolute atomic E-state index is 11.7. The second-order valence-electron chi connectivity index (χ2n) is 6.12. The van der Waals surface area contributed by atoms with Crippen LogP contribution in [0.3, 0.4) is 0 Å². The molecule has 1 aliphatic heterocycles. The fourth-order valence-corrected chi connectivity index (χ4v) is 3.80. The van der Waals surface area contributed by atoms with Crippen LogP contribution in [0.1, 0.15) is 37.6 Å². The molecule has 1 fully saturated rings. The average Bonchev–Trinajstić information content (AvgIpc) is 2.97. The van der Waals surface area contributed by atoms with E-state index in [1.165, 1.54) is 12.0 Å². The van der Waals surface area contributed by atoms with Crippen LogP contribution < -0.4 is 5.32 Å². The Labute approximate surface area is 131 Å². The summed E-state index contributed by atoms with van der Waals surface area (Å²) in [6.45, 7) is 5.64. The average molecular weight is 310 g/mol. The second kappa shape index (κ2) is 7.38. The van der Waals surface area contributed by atoms with Crippen molar-refractivity contribution in [2.45, 2.75) is 44.8 Å². The lowest BCUT2D eigenvalue weighted by Crippen LogP contribution is -2.51. The van der Waals surface area contributed by atoms with Crippen LogP contribution in [-0.4, -0.2) is 43.7 Å². The van der Waals surface area contributed by atoms with E-state index in [1.54, 1.807) is 11.3 Å². The van der Waals surface area contributed by atoms with Gasteiger partial charge >= 0.3 is 5.97 Å². The summed E-state index contributed by atoms with van der Waals surface area (Å²) >= 11 is 1.69. The van der Waals surface area contributed by atoms with Gasteiger partial charge in [0.15, 0.2) is 0 Å². The summed E-state index contributed by atoms with van der Waals surface area (Å²) in [7, 11) is 3.64. The summed E-state index contributed by atoms with van der Waals surface area (Å²) in [5.41, 5.74) is 0. The predicted octanol–water partition coefficient (Wildman–Crippen LogP) is 2.67. The number of likely N-dealkylation sites (tertiary alicyclic amines) is 1. The standard InChI is InChI=1S/C16H26N2O2S/c1-11-10-18(3)12(2)8-13(11)17-14(9-16(19)20-4)15-6-5-7-21-15/h5-7,11-14,17H,8-10H2,1-4H3. The Hall–Kier alpha value is -0.910. The van der Waals surface area contributed by atoms with Crippen molar-refractivity contribution in [2.75, 3.05) is 20.7 Å². The van der Waals surface area contributed by atoms with E-state index in [4.69, 9.17) is 4.74 Å². The summed E-state index contributed by atoms with van der Waals surface area (Å²) in [5.74, 6) is 0.417. The molecular formula is C16H26N2O2S. The molecule has 1 aromatic heterocycles. The van der Waals surface area contributed by atoms with Gasteiger partial charge in [-0.3, -0.25) is 4.79 Å². The fourth-order valence-electron chi connectivity index (χ4n) is 3.01. The first kappa shape index (κ1) is 16.5. The number of piperidine rings is 1. The van der Waals surface area contributed by atoms with E-state index < -0.39 is 0 Å². The van der Waals surface area contributed by atoms with Crippen molar-refractivity contribution in [2.24, 2.45) is 5.92 Å². The highest BCUT2D eigenvalue weighted by molar-refractivity contribution is 7.10. The molecule has 4 nitrogen and oxygen atoms in total. The first-order valence-corrected chi connectivity index (χ1v) is 8.45. The van der Waals surface area contributed by atoms with Crippen LogP contribution in [0.5, 0.6) is 0 Å². The van der Waals surface area contributed by atoms with Crippen molar-refractivity contribution < 1.29 is 9.53 Å². The molecule has 0 aliphatic carbocycles. The zero-order chi connectivity index (χ0) is 15.4. The van der Waals surface area contributed by atoms with Crippen LogP contribution in [-0.2, 0) is 9.53 Å². The number of hydrogen-bond acceptors (Lipinski definition) is 5. The summed E-state index contributed by atoms with van der Waals surface area (Å²) in [5, 5.41) is 5.76. The number of carbonyl (C=O) groups is 1. The molecule has 21 heavy (non-hydrogen) atoms. The van der Waals surface area contributed by atoms with Crippen molar-refractivity contribution in [1.29, 1.82) is 0 Å². The molecule has 0 aromatic carbocycles. The highest BCUT2D eigenvalue weighted by Gasteiger charge is 2.31. The maximum atomic E-state index is 11.7. The van der Waals surface area contributed by atoms with Gasteiger partial charge in [0.25, 0.3) is 0 Å². The van der Waals surface area contributed by atoms with E-state index in [0.29, 0.717) is 24.4 Å². The molecule has 0 saturated carbocycles. The van der Waals surface area contributed by atoms with Gasteiger partial charge < -0.3 is 15.0 Å². The van der Waals surface area contributed by atoms with Crippen LogP contribution in [0, 0.1) is 5.92 Å². The summed E-state index contributed by atoms with van der Waals surface area (Å²) < 4.78 is 4.85. The minimum absolute atomic E-state index is 0.0560. The molecule has 0 amide bonds. The van der Waals surface area contributed by atoms with Crippen molar-refractivity contribution in [3.05, 3.63) is 22.4 Å². The lowest BCUT2D eigenvalue weighted by molar-refractivity contribution is -0.141. The fraction of sp³-hybridized carbons (Fsp3) is 0.688. The van der Waals surface area contributed by atoms with Crippen LogP contribution in [0.15, 0.2) is 17.5 Å². The van der Waals surface area contributed by atoms with Gasteiger partial charge in [0.1, 0.15) is 0 Å². The van der Waals surface area contributed by atoms with Crippen LogP contribution >= 0.6 is 11.3 Å². The van der Waals surface area contributed by atoms with E-state index in [9.17, 15) is 4.79 Å². The molecule has 1 aromatic rings. The zero-order valence-electron chi connectivity index (χ0n) is 13.3. The van der Waals surface area contributed by atoms with E-state index in [1.807, 2.05) is 6.07 Å². The highest BCUT2D eigenvalue weighted by atomic mass is 32.1. The number of ether oxygens (including phenoxy) is 1. The van der Waals surface area contributed by atoms with Crippen LogP contribution in [0.2, 0.25) is 0 Å². The number of carbonyl (C=O) groups excluding carboxylic acids is 1. The largest absolute Gasteiger partial charge is 0.469 e. The first-order valence-electron chi connectivity index (χ1n) is 7.57. The molecule has 0 spiro atoms. The zero-order valence-corrected chi connectivity index (χ0v) is 14.2. The summed E-state index contributed by atoms with van der Waals surface area (Å²) in [6, 6.07) is 5.19. The van der Waals surface area contributed by atoms with E-state index >= 15 is 0 Å². The number of rotatable bonds is 5. The smallest absolute Gasteiger partial charge is 0.307 e. The minimum Gasteiger partial charge on any atom is -0.469 e. The maximum Gasteiger partial charge on any atom is 0.307 e. The molecular weight excluding hydrogens is 284 g/mol. The first-order chi connectivity index (χ1) is 10.0. The molecule has 118 valence electrons. The third kappa shape index (κ3) is 4.28. The summed E-state index contributed by atoms with van der Waals surface area (Å²) in [4.78, 5) is 15.3. The topological polar surface area (TPSA) is 41.6 Å². The molecule has 4 unspecified atom stereocenters. The third-order valence-electron chi connectivity index (χ3n) is 4.51. The van der Waals surface area contributed by atoms with Crippen molar-refractivity contribution in [3.8, 4) is 0 Å². The van der Waals surface area contributed by atoms with Crippen molar-refractivity contribution >= 4 is 17.3 Å². The van der Waals surface area contributed by atoms with Gasteiger partial charge in [-0.25, -0.2) is 0 Å². The summed E-state index contributed by atoms with van der Waals surface area (Å²) in [6.07, 6.45) is 1.51. The highest BCUT2D eigenvalue weighted by Crippen LogP contribution is 2.27. The molecule has 1 aliphatic rings. The molecule has 0 radical (unpaired) electrons. The number of nitrogens with one attached hydrogen (secondary N) is 1. The van der Waals surface area contributed by atoms with E-state index in [0.717, 1.165) is 13.0 Å². The van der Waals surface area contributed by atoms with Gasteiger partial charge in [0.2, 0.25) is 0 Å². The molecule has 2 heterocycles. The normalized spacial score (nSPS) is 28.3. The Morgan fingerprint density at radius 1 is 1.57 bits per heavy atom. The quantitative estimate of drug-likeness (QED) is 0.849. The Balaban J connectivity index is 2.06. The molecule has 2 rings (SSSR count). The van der Waals surface area contributed by atoms with Gasteiger partial charge in [0.05, 0.1) is 19.6 Å². The Morgan fingerprint density at radius 3 is 2.95 bits per heavy atom. The Bertz CT molecular complexity index is 449. The third-order valence-corrected chi connectivity index (χ3v) is 5.50. The van der Waals surface area contributed by atoms with Gasteiger partial charge in [-0.2, -0.15) is 0 Å². The van der Waals surface area contributed by atoms with Gasteiger partial charge in [-0.15, -0.1) is 11.3 Å². The van der Waals surface area contributed by atoms with Gasteiger partial charge in [-0.1, -0.05) is 13.0 Å². The molecule has 1 saturated heterocycles. The molecule has 4 atom stereocenters. The van der Waals surface area contributed by atoms with Gasteiger partial charge in [0, 0.05) is 23.5 Å². The van der Waals surface area contributed by atoms with Crippen molar-refractivity contribution in [1.82, 2.24) is 10.2 Å². The Kier molecular flexibility index (Phi) is 5.79. The minimum atomic E-state index is -0.158. The van der Waals surface area contributed by atoms with Gasteiger partial charge in [-0.05, 0) is 37.8 Å². The molecule has 5 heteroatoms. The van der Waals surface area contributed by atoms with Crippen molar-refractivity contribution in [3.63, 3.8) is 0 Å². The van der Waals surface area contributed by atoms with E-state index in [-0.39, 0.29) is 12.0 Å². The lowest BCUT2D eigenvalue weighted by Gasteiger charge is -2.41. The number of esters is 1. The monoisotopic (exact) mass is 310 g/mol. The number of nitrogens with zero attached hydrogens (tertiary/aromatic N) is 1. The number of hydrogen-bond donors (Lipinski definition) is 1. The van der Waals surface area contributed by atoms with Crippen LogP contribution in [0.25, 0.3) is 0 Å². The lowest BCUT2D eigenvalue weighted by atomic mass is 9.89. The molecule has 0 bridgehead atoms. The predicted molar refractivity (Wildman–Crippen MR) is 86.5 cm³/mol. The number of methoxy groups -OCH3 is 1. The number of thiophene rings is 1. The Morgan fingerprint density at radius 2 is 2.33 bits per heavy atom. The van der Waals surface area contributed by atoms with E-state index in [2.05, 4.69) is 42.6 Å². The van der Waals surface area contributed by atoms with Crippen LogP contribution in [0.4, 0.5) is 0 Å². The SMILES string of the molecule is COC(=O)CC(NC1CC(C)N(C)CC1C)c1cccs1.